The summed E-state index contributed by atoms with van der Waals surface area (Å²) >= 11 is 0. The number of carbonyl (C=O) groups is 1. The van der Waals surface area contributed by atoms with E-state index in [2.05, 4.69) is 101 Å². The first-order chi connectivity index (χ1) is 22.1. The van der Waals surface area contributed by atoms with Crippen LogP contribution < -0.4 is 10.6 Å². The molecule has 2 amide bonds. The third-order valence-electron chi connectivity index (χ3n) is 16.2. The Balaban J connectivity index is 1.10. The standard InChI is InChI=1S/C43H67N3O/c1-30-14-16-31(17-15-30)32-20-23-40(6)35(39(32,4)5)21-24-42(8)36(40)19-18-33-34-13-12-22-43(34,26-25-41(33,42)7)45-37(47)44-38(2,3)29-46-27-10-9-11-28-46/h14-17,20,33-36H,9-13,18-19,21-29H2,1-8H3,(H2,44,45,47)/t33?,34?,35?,36?,40?,41-,42?,43?/m1/s1. The van der Waals surface area contributed by atoms with Crippen LogP contribution >= 0.6 is 0 Å². The Morgan fingerprint density at radius 3 is 2.26 bits per heavy atom. The molecule has 4 saturated carbocycles. The van der Waals surface area contributed by atoms with Gasteiger partial charge in [0.15, 0.2) is 0 Å². The third-order valence-corrected chi connectivity index (χ3v) is 16.2. The van der Waals surface area contributed by atoms with Crippen LogP contribution in [0.15, 0.2) is 30.3 Å². The first-order valence-electron chi connectivity index (χ1n) is 19.7. The van der Waals surface area contributed by atoms with Gasteiger partial charge in [-0.3, -0.25) is 0 Å². The van der Waals surface area contributed by atoms with Crippen molar-refractivity contribution >= 4 is 11.6 Å². The lowest BCUT2D eigenvalue weighted by Crippen LogP contribution is -2.68. The SMILES string of the molecule is Cc1ccc(C2=CCC3(C)C(CCC4(C)C3CCC3C5CCCC5(NC(=O)NC(C)(C)CN5CCCCC5)CC[C@]34C)C2(C)C)cc1. The van der Waals surface area contributed by atoms with Crippen LogP contribution in [-0.2, 0) is 0 Å². The van der Waals surface area contributed by atoms with Crippen molar-refractivity contribution in [1.82, 2.24) is 15.5 Å². The number of urea groups is 1. The maximum atomic E-state index is 13.8. The first kappa shape index (κ1) is 33.7. The molecule has 47 heavy (non-hydrogen) atoms. The van der Waals surface area contributed by atoms with Crippen molar-refractivity contribution in [1.29, 1.82) is 0 Å². The smallest absolute Gasteiger partial charge is 0.315 e. The zero-order chi connectivity index (χ0) is 33.5. The van der Waals surface area contributed by atoms with Crippen molar-refractivity contribution in [2.45, 2.75) is 150 Å². The van der Waals surface area contributed by atoms with E-state index in [1.807, 2.05) is 0 Å². The zero-order valence-corrected chi connectivity index (χ0v) is 31.4. The molecule has 1 aromatic carbocycles. The maximum Gasteiger partial charge on any atom is 0.315 e. The Kier molecular flexibility index (Phi) is 8.33. The molecule has 1 saturated heterocycles. The van der Waals surface area contributed by atoms with Crippen LogP contribution in [0.1, 0.15) is 143 Å². The lowest BCUT2D eigenvalue weighted by Gasteiger charge is -2.72. The molecule has 7 rings (SSSR count). The van der Waals surface area contributed by atoms with E-state index < -0.39 is 0 Å². The van der Waals surface area contributed by atoms with E-state index >= 15 is 0 Å². The number of allylic oxidation sites excluding steroid dienone is 2. The molecule has 6 aliphatic rings. The summed E-state index contributed by atoms with van der Waals surface area (Å²) in [6.45, 7) is 23.2. The van der Waals surface area contributed by atoms with Crippen LogP contribution in [0.3, 0.4) is 0 Å². The molecule has 260 valence electrons. The van der Waals surface area contributed by atoms with Crippen LogP contribution in [0.4, 0.5) is 4.79 Å². The fourth-order valence-corrected chi connectivity index (χ4v) is 13.9. The molecule has 5 aliphatic carbocycles. The highest BCUT2D eigenvalue weighted by molar-refractivity contribution is 5.76. The zero-order valence-electron chi connectivity index (χ0n) is 31.4. The number of rotatable bonds is 5. The molecule has 0 radical (unpaired) electrons. The number of piperidine rings is 1. The number of nitrogens with zero attached hydrogens (tertiary/aromatic N) is 1. The monoisotopic (exact) mass is 642 g/mol. The minimum atomic E-state index is -0.226. The second-order valence-corrected chi connectivity index (χ2v) is 19.5. The molecule has 1 aromatic rings. The highest BCUT2D eigenvalue weighted by atomic mass is 16.2. The van der Waals surface area contributed by atoms with Gasteiger partial charge in [0, 0.05) is 17.6 Å². The summed E-state index contributed by atoms with van der Waals surface area (Å²) in [5.74, 6) is 2.78. The molecule has 1 aliphatic heterocycles. The Labute approximate surface area is 287 Å². The van der Waals surface area contributed by atoms with Crippen LogP contribution in [0.25, 0.3) is 5.57 Å². The summed E-state index contributed by atoms with van der Waals surface area (Å²) in [5, 5.41) is 7.19. The van der Waals surface area contributed by atoms with Crippen molar-refractivity contribution in [2.24, 2.45) is 45.3 Å². The average Bonchev–Trinajstić information content (AvgIpc) is 3.41. The van der Waals surface area contributed by atoms with E-state index in [9.17, 15) is 4.79 Å². The third kappa shape index (κ3) is 5.36. The summed E-state index contributed by atoms with van der Waals surface area (Å²) in [7, 11) is 0. The Hall–Kier alpha value is -1.81. The Bertz CT molecular complexity index is 1370. The summed E-state index contributed by atoms with van der Waals surface area (Å²) in [6, 6.07) is 9.40. The molecule has 4 nitrogen and oxygen atoms in total. The van der Waals surface area contributed by atoms with Gasteiger partial charge < -0.3 is 15.5 Å². The first-order valence-corrected chi connectivity index (χ1v) is 19.7. The molecule has 1 heterocycles. The van der Waals surface area contributed by atoms with Crippen LogP contribution in [0.5, 0.6) is 0 Å². The predicted molar refractivity (Wildman–Crippen MR) is 196 cm³/mol. The van der Waals surface area contributed by atoms with E-state index in [1.54, 1.807) is 5.57 Å². The van der Waals surface area contributed by atoms with E-state index in [-0.39, 0.29) is 22.5 Å². The number of hydrogen-bond donors (Lipinski definition) is 2. The van der Waals surface area contributed by atoms with Gasteiger partial charge in [-0.25, -0.2) is 4.79 Å². The Morgan fingerprint density at radius 2 is 1.53 bits per heavy atom. The van der Waals surface area contributed by atoms with Crippen molar-refractivity contribution in [3.05, 3.63) is 41.5 Å². The number of likely N-dealkylation sites (tertiary alicyclic amines) is 1. The molecular formula is C43H67N3O. The van der Waals surface area contributed by atoms with E-state index in [0.717, 1.165) is 25.3 Å². The number of aryl methyl sites for hydroxylation is 1. The second-order valence-electron chi connectivity index (χ2n) is 19.5. The van der Waals surface area contributed by atoms with E-state index in [4.69, 9.17) is 0 Å². The number of nitrogens with one attached hydrogen (secondary N) is 2. The molecule has 0 bridgehead atoms. The van der Waals surface area contributed by atoms with Gasteiger partial charge >= 0.3 is 6.03 Å². The number of amides is 2. The van der Waals surface area contributed by atoms with E-state index in [0.29, 0.717) is 34.0 Å². The van der Waals surface area contributed by atoms with Gasteiger partial charge in [0.25, 0.3) is 0 Å². The molecule has 5 fully saturated rings. The molecular weight excluding hydrogens is 574 g/mol. The molecule has 2 N–H and O–H groups in total. The Morgan fingerprint density at radius 1 is 0.809 bits per heavy atom. The van der Waals surface area contributed by atoms with Gasteiger partial charge in [0.05, 0.1) is 0 Å². The lowest BCUT2D eigenvalue weighted by atomic mass is 9.33. The highest BCUT2D eigenvalue weighted by Crippen LogP contribution is 2.76. The van der Waals surface area contributed by atoms with Gasteiger partial charge in [0.2, 0.25) is 0 Å². The molecule has 7 unspecified atom stereocenters. The quantitative estimate of drug-likeness (QED) is 0.336. The second kappa shape index (κ2) is 11.6. The van der Waals surface area contributed by atoms with Gasteiger partial charge in [-0.2, -0.15) is 0 Å². The molecule has 0 spiro atoms. The number of benzene rings is 1. The lowest BCUT2D eigenvalue weighted by molar-refractivity contribution is -0.216. The maximum absolute atomic E-state index is 13.8. The normalized spacial score (nSPS) is 41.5. The van der Waals surface area contributed by atoms with Gasteiger partial charge in [-0.05, 0) is 161 Å². The number of fused-ring (bicyclic) bond motifs is 7. The fourth-order valence-electron chi connectivity index (χ4n) is 13.9. The predicted octanol–water partition coefficient (Wildman–Crippen LogP) is 10.2. The van der Waals surface area contributed by atoms with Crippen molar-refractivity contribution in [2.75, 3.05) is 19.6 Å². The average molecular weight is 642 g/mol. The van der Waals surface area contributed by atoms with Gasteiger partial charge in [0.1, 0.15) is 0 Å². The van der Waals surface area contributed by atoms with Gasteiger partial charge in [-0.15, -0.1) is 0 Å². The van der Waals surface area contributed by atoms with Crippen molar-refractivity contribution < 1.29 is 4.79 Å². The minimum Gasteiger partial charge on any atom is -0.332 e. The summed E-state index contributed by atoms with van der Waals surface area (Å²) in [4.78, 5) is 16.3. The largest absolute Gasteiger partial charge is 0.332 e. The molecule has 0 aromatic heterocycles. The van der Waals surface area contributed by atoms with Crippen LogP contribution in [-0.4, -0.2) is 41.6 Å². The van der Waals surface area contributed by atoms with Crippen LogP contribution in [0.2, 0.25) is 0 Å². The molecule has 8 atom stereocenters. The minimum absolute atomic E-state index is 0.0295. The van der Waals surface area contributed by atoms with Crippen molar-refractivity contribution in [3.63, 3.8) is 0 Å². The van der Waals surface area contributed by atoms with Crippen molar-refractivity contribution in [3.8, 4) is 0 Å². The number of hydrogen-bond acceptors (Lipinski definition) is 2. The summed E-state index contributed by atoms with van der Waals surface area (Å²) < 4.78 is 0. The van der Waals surface area contributed by atoms with E-state index in [1.165, 1.54) is 94.8 Å². The summed E-state index contributed by atoms with van der Waals surface area (Å²) in [6.07, 6.45) is 19.3. The fraction of sp³-hybridized carbons (Fsp3) is 0.791. The topological polar surface area (TPSA) is 44.4 Å². The molecule has 4 heteroatoms. The van der Waals surface area contributed by atoms with Crippen LogP contribution in [0, 0.1) is 52.3 Å². The highest BCUT2D eigenvalue weighted by Gasteiger charge is 2.69. The number of carbonyl (C=O) groups excluding carboxylic acids is 1. The van der Waals surface area contributed by atoms with Gasteiger partial charge in [-0.1, -0.05) is 83.4 Å². The summed E-state index contributed by atoms with van der Waals surface area (Å²) in [5.41, 5.74) is 5.29.